The third-order valence-corrected chi connectivity index (χ3v) is 6.35. The number of fused-ring (bicyclic) bond motifs is 1. The number of nitrogens with one attached hydrogen (secondary N) is 1. The predicted octanol–water partition coefficient (Wildman–Crippen LogP) is 2.33. The number of ether oxygens (including phenoxy) is 1. The van der Waals surface area contributed by atoms with E-state index in [2.05, 4.69) is 20.3 Å². The monoisotopic (exact) mass is 393 g/mol. The van der Waals surface area contributed by atoms with Crippen molar-refractivity contribution in [3.05, 3.63) is 12.7 Å². The van der Waals surface area contributed by atoms with E-state index in [1.54, 1.807) is 0 Å². The minimum absolute atomic E-state index is 0.333. The molecule has 0 bridgehead atoms. The first-order valence-corrected chi connectivity index (χ1v) is 9.98. The van der Waals surface area contributed by atoms with Gasteiger partial charge in [0.1, 0.15) is 18.0 Å². The molecule has 2 fully saturated rings. The maximum Gasteiger partial charge on any atom is 0.183 e. The largest absolute Gasteiger partial charge is 0.394 e. The molecule has 9 heteroatoms. The molecule has 2 aromatic heterocycles. The Kier molecular flexibility index (Phi) is 5.01. The summed E-state index contributed by atoms with van der Waals surface area (Å²) in [5, 5.41) is 23.6. The van der Waals surface area contributed by atoms with Gasteiger partial charge < -0.3 is 20.3 Å². The fourth-order valence-electron chi connectivity index (χ4n) is 4.27. The molecule has 0 amide bonds. The summed E-state index contributed by atoms with van der Waals surface area (Å²) in [6, 6.07) is 0.333. The van der Waals surface area contributed by atoms with Crippen molar-refractivity contribution in [2.45, 2.75) is 82.0 Å². The third-order valence-electron chi connectivity index (χ3n) is 6.35. The Morgan fingerprint density at radius 3 is 2.57 bits per heavy atom. The second kappa shape index (κ2) is 7.20. The van der Waals surface area contributed by atoms with Crippen LogP contribution in [0.5, 0.6) is 0 Å². The number of imidazole rings is 1. The molecule has 3 N–H and O–H groups in total. The van der Waals surface area contributed by atoms with E-state index in [9.17, 15) is 10.2 Å². The van der Waals surface area contributed by atoms with Crippen molar-refractivity contribution in [1.82, 2.24) is 19.5 Å². The lowest BCUT2D eigenvalue weighted by Gasteiger charge is -2.32. The Morgan fingerprint density at radius 2 is 1.93 bits per heavy atom. The molecule has 2 aromatic rings. The van der Waals surface area contributed by atoms with E-state index in [4.69, 9.17) is 4.74 Å². The summed E-state index contributed by atoms with van der Waals surface area (Å²) in [6.45, 7) is 2.12. The molecule has 2 aliphatic rings. The minimum atomic E-state index is -2.14. The molecule has 0 spiro atoms. The van der Waals surface area contributed by atoms with Crippen molar-refractivity contribution in [3.8, 4) is 0 Å². The van der Waals surface area contributed by atoms with Crippen LogP contribution >= 0.6 is 0 Å². The number of nitrogens with zero attached hydrogens (tertiary/aromatic N) is 4. The Bertz CT molecular complexity index is 832. The van der Waals surface area contributed by atoms with E-state index in [0.717, 1.165) is 12.8 Å². The third kappa shape index (κ3) is 3.05. The van der Waals surface area contributed by atoms with Gasteiger partial charge >= 0.3 is 0 Å². The van der Waals surface area contributed by atoms with Crippen molar-refractivity contribution in [2.24, 2.45) is 0 Å². The molecular weight excluding hydrogens is 365 g/mol. The Morgan fingerprint density at radius 1 is 1.21 bits per heavy atom. The lowest BCUT2D eigenvalue weighted by atomic mass is 9.85. The summed E-state index contributed by atoms with van der Waals surface area (Å²) in [4.78, 5) is 13.0. The smallest absolute Gasteiger partial charge is 0.183 e. The van der Waals surface area contributed by atoms with Crippen LogP contribution in [-0.2, 0) is 4.74 Å². The highest BCUT2D eigenvalue weighted by Gasteiger charge is 2.63. The molecule has 4 rings (SSSR count). The number of anilines is 1. The van der Waals surface area contributed by atoms with Gasteiger partial charge in [0.25, 0.3) is 0 Å². The summed E-state index contributed by atoms with van der Waals surface area (Å²) in [5.41, 5.74) is -3.03. The zero-order chi connectivity index (χ0) is 19.9. The van der Waals surface area contributed by atoms with Gasteiger partial charge in [-0.25, -0.2) is 19.3 Å². The number of hydrogen-bond donors (Lipinski definition) is 3. The first kappa shape index (κ1) is 19.5. The molecule has 1 aliphatic carbocycles. The van der Waals surface area contributed by atoms with Gasteiger partial charge in [0.05, 0.1) is 12.9 Å². The topological polar surface area (TPSA) is 105 Å². The van der Waals surface area contributed by atoms with Gasteiger partial charge in [0.2, 0.25) is 0 Å². The maximum atomic E-state index is 15.5. The molecule has 154 valence electrons. The van der Waals surface area contributed by atoms with E-state index in [0.29, 0.717) is 23.0 Å². The average Bonchev–Trinajstić information content (AvgIpc) is 3.01. The van der Waals surface area contributed by atoms with Gasteiger partial charge in [-0.2, -0.15) is 0 Å². The number of hydrogen-bond acceptors (Lipinski definition) is 7. The van der Waals surface area contributed by atoms with Gasteiger partial charge in [-0.3, -0.25) is 4.57 Å². The second-order valence-corrected chi connectivity index (χ2v) is 8.26. The zero-order valence-electron chi connectivity index (χ0n) is 16.3. The number of halogens is 1. The Labute approximate surface area is 163 Å². The molecule has 8 nitrogen and oxygen atoms in total. The lowest BCUT2D eigenvalue weighted by molar-refractivity contribution is -0.0891. The number of rotatable bonds is 4. The van der Waals surface area contributed by atoms with E-state index in [1.807, 2.05) is 0 Å². The molecule has 0 aromatic carbocycles. The van der Waals surface area contributed by atoms with Crippen molar-refractivity contribution in [3.63, 3.8) is 0 Å². The van der Waals surface area contributed by atoms with Crippen molar-refractivity contribution in [1.29, 1.82) is 0 Å². The molecule has 1 saturated carbocycles. The first-order chi connectivity index (χ1) is 13.4. The van der Waals surface area contributed by atoms with Crippen LogP contribution in [0.1, 0.15) is 58.6 Å². The normalized spacial score (nSPS) is 34.6. The van der Waals surface area contributed by atoms with Gasteiger partial charge in [-0.15, -0.1) is 0 Å². The number of aliphatic hydroxyl groups is 2. The van der Waals surface area contributed by atoms with Crippen LogP contribution in [0.15, 0.2) is 12.7 Å². The highest BCUT2D eigenvalue weighted by Crippen LogP contribution is 2.48. The molecule has 1 aliphatic heterocycles. The van der Waals surface area contributed by atoms with Crippen LogP contribution in [-0.4, -0.2) is 59.8 Å². The Balaban J connectivity index is 1.67. The quantitative estimate of drug-likeness (QED) is 0.685. The van der Waals surface area contributed by atoms with Crippen molar-refractivity contribution < 1.29 is 19.3 Å². The van der Waals surface area contributed by atoms with E-state index in [1.165, 1.54) is 56.8 Å². The van der Waals surface area contributed by atoms with Crippen LogP contribution in [0.4, 0.5) is 10.2 Å². The first-order valence-electron chi connectivity index (χ1n) is 9.98. The average molecular weight is 393 g/mol. The van der Waals surface area contributed by atoms with Crippen LogP contribution in [0.2, 0.25) is 0 Å². The van der Waals surface area contributed by atoms with Crippen molar-refractivity contribution >= 4 is 17.0 Å². The van der Waals surface area contributed by atoms with E-state index >= 15 is 4.39 Å². The van der Waals surface area contributed by atoms with E-state index < -0.39 is 30.2 Å². The molecule has 0 radical (unpaired) electrons. The summed E-state index contributed by atoms with van der Waals surface area (Å²) in [7, 11) is 0. The minimum Gasteiger partial charge on any atom is -0.394 e. The highest BCUT2D eigenvalue weighted by atomic mass is 19.1. The summed E-state index contributed by atoms with van der Waals surface area (Å²) in [6.07, 6.45) is 7.73. The molecule has 1 saturated heterocycles. The summed E-state index contributed by atoms with van der Waals surface area (Å²) >= 11 is 0. The standard InChI is InChI=1S/C19H28FN5O3/c1-18(20)17(28-13(9-26)19(18,2)27)25-11-23-14-15(21-10-22-16(14)25)24-12-7-5-3-4-6-8-12/h10-13,17,26-27H,3-9H2,1-2H3,(H,21,22,24)/t13-,17-,18+,19+/m1/s1. The molecule has 0 unspecified atom stereocenters. The Hall–Kier alpha value is -1.84. The number of aliphatic hydroxyl groups excluding tert-OH is 1. The van der Waals surface area contributed by atoms with Gasteiger partial charge in [-0.1, -0.05) is 25.7 Å². The SMILES string of the molecule is C[C@]1(O)[C@@H](CO)O[C@@H](n2cnc3c(NC4CCCCCC4)ncnc32)[C@]1(C)F. The van der Waals surface area contributed by atoms with E-state index in [-0.39, 0.29) is 0 Å². The fraction of sp³-hybridized carbons (Fsp3) is 0.737. The lowest BCUT2D eigenvalue weighted by Crippen LogP contribution is -2.51. The van der Waals surface area contributed by atoms with Crippen LogP contribution in [0, 0.1) is 0 Å². The van der Waals surface area contributed by atoms with Crippen LogP contribution < -0.4 is 5.32 Å². The number of aromatic nitrogens is 4. The van der Waals surface area contributed by atoms with Crippen LogP contribution in [0.25, 0.3) is 11.2 Å². The molecule has 4 atom stereocenters. The fourth-order valence-corrected chi connectivity index (χ4v) is 4.27. The van der Waals surface area contributed by atoms with Gasteiger partial charge in [-0.05, 0) is 26.7 Å². The maximum absolute atomic E-state index is 15.5. The highest BCUT2D eigenvalue weighted by molar-refractivity contribution is 5.82. The van der Waals surface area contributed by atoms with Gasteiger partial charge in [0.15, 0.2) is 28.9 Å². The summed E-state index contributed by atoms with van der Waals surface area (Å²) < 4.78 is 22.6. The van der Waals surface area contributed by atoms with Gasteiger partial charge in [0, 0.05) is 6.04 Å². The predicted molar refractivity (Wildman–Crippen MR) is 102 cm³/mol. The van der Waals surface area contributed by atoms with Crippen molar-refractivity contribution in [2.75, 3.05) is 11.9 Å². The van der Waals surface area contributed by atoms with Crippen LogP contribution in [0.3, 0.4) is 0 Å². The molecular formula is C19H28FN5O3. The summed E-state index contributed by atoms with van der Waals surface area (Å²) in [5.74, 6) is 0.625. The number of alkyl halides is 1. The zero-order valence-corrected chi connectivity index (χ0v) is 16.3. The molecule has 3 heterocycles. The second-order valence-electron chi connectivity index (χ2n) is 8.26. The molecule has 28 heavy (non-hydrogen) atoms.